The van der Waals surface area contributed by atoms with Crippen LogP contribution in [0.25, 0.3) is 0 Å². The molecule has 114 valence electrons. The maximum atomic E-state index is 11.6. The Morgan fingerprint density at radius 1 is 1.19 bits per heavy atom. The molecule has 8 heteroatoms. The maximum absolute atomic E-state index is 11.6. The predicted octanol–water partition coefficient (Wildman–Crippen LogP) is 1.28. The van der Waals surface area contributed by atoms with Gasteiger partial charge in [0.2, 0.25) is 6.79 Å². The summed E-state index contributed by atoms with van der Waals surface area (Å²) in [5.41, 5.74) is 0.593. The van der Waals surface area contributed by atoms with Crippen LogP contribution in [-0.2, 0) is 4.74 Å². The van der Waals surface area contributed by atoms with Crippen molar-refractivity contribution < 1.29 is 23.8 Å². The van der Waals surface area contributed by atoms with E-state index >= 15 is 0 Å². The van der Waals surface area contributed by atoms with E-state index in [2.05, 4.69) is 20.7 Å². The molecule has 0 saturated carbocycles. The molecule has 0 atom stereocenters. The van der Waals surface area contributed by atoms with E-state index in [9.17, 15) is 9.59 Å². The number of carbonyl (C=O) groups excluding carboxylic acids is 2. The van der Waals surface area contributed by atoms with Crippen LogP contribution < -0.4 is 25.4 Å². The van der Waals surface area contributed by atoms with Crippen molar-refractivity contribution in [1.29, 1.82) is 0 Å². The van der Waals surface area contributed by atoms with Crippen LogP contribution in [0.4, 0.5) is 15.3 Å². The Balaban J connectivity index is 1.69. The van der Waals surface area contributed by atoms with Gasteiger partial charge in [0.25, 0.3) is 0 Å². The van der Waals surface area contributed by atoms with E-state index in [0.717, 1.165) is 0 Å². The van der Waals surface area contributed by atoms with Crippen LogP contribution in [-0.4, -0.2) is 38.6 Å². The summed E-state index contributed by atoms with van der Waals surface area (Å²) in [7, 11) is 0. The fourth-order valence-corrected chi connectivity index (χ4v) is 1.67. The summed E-state index contributed by atoms with van der Waals surface area (Å²) in [4.78, 5) is 22.6. The first kappa shape index (κ1) is 14.8. The summed E-state index contributed by atoms with van der Waals surface area (Å²) in [6, 6.07) is 4.74. The summed E-state index contributed by atoms with van der Waals surface area (Å²) >= 11 is 0. The van der Waals surface area contributed by atoms with Crippen LogP contribution in [0, 0.1) is 0 Å². The highest BCUT2D eigenvalue weighted by atomic mass is 16.7. The number of anilines is 1. The van der Waals surface area contributed by atoms with Crippen molar-refractivity contribution in [2.24, 2.45) is 0 Å². The van der Waals surface area contributed by atoms with Gasteiger partial charge in [-0.1, -0.05) is 0 Å². The molecule has 1 aliphatic rings. The van der Waals surface area contributed by atoms with Crippen LogP contribution in [0.15, 0.2) is 18.2 Å². The highest BCUT2D eigenvalue weighted by Crippen LogP contribution is 2.34. The Bertz CT molecular complexity index is 521. The SMILES string of the molecule is CCOC(=O)NCCNC(=O)Nc1ccc2c(c1)OCO2. The Kier molecular flexibility index (Phi) is 5.08. The zero-order chi connectivity index (χ0) is 15.1. The lowest BCUT2D eigenvalue weighted by Crippen LogP contribution is -2.37. The standard InChI is InChI=1S/C13H17N3O5/c1-2-19-13(18)15-6-5-14-12(17)16-9-3-4-10-11(7-9)21-8-20-10/h3-4,7H,2,5-6,8H2,1H3,(H,15,18)(H2,14,16,17). The highest BCUT2D eigenvalue weighted by Gasteiger charge is 2.13. The summed E-state index contributed by atoms with van der Waals surface area (Å²) in [5, 5.41) is 7.76. The number of carbonyl (C=O) groups is 2. The largest absolute Gasteiger partial charge is 0.454 e. The van der Waals surface area contributed by atoms with E-state index in [1.54, 1.807) is 25.1 Å². The number of hydrogen-bond donors (Lipinski definition) is 3. The molecule has 1 aromatic rings. The molecule has 0 fully saturated rings. The van der Waals surface area contributed by atoms with E-state index < -0.39 is 6.09 Å². The third-order valence-corrected chi connectivity index (χ3v) is 2.59. The van der Waals surface area contributed by atoms with Crippen LogP contribution >= 0.6 is 0 Å². The lowest BCUT2D eigenvalue weighted by molar-refractivity contribution is 0.152. The first-order valence-corrected chi connectivity index (χ1v) is 6.54. The molecule has 3 N–H and O–H groups in total. The predicted molar refractivity (Wildman–Crippen MR) is 74.6 cm³/mol. The van der Waals surface area contributed by atoms with Crippen molar-refractivity contribution in [3.63, 3.8) is 0 Å². The van der Waals surface area contributed by atoms with Crippen molar-refractivity contribution in [2.75, 3.05) is 31.8 Å². The van der Waals surface area contributed by atoms with Crippen molar-refractivity contribution in [3.8, 4) is 11.5 Å². The zero-order valence-corrected chi connectivity index (χ0v) is 11.6. The van der Waals surface area contributed by atoms with Crippen molar-refractivity contribution >= 4 is 17.8 Å². The third kappa shape index (κ3) is 4.44. The number of nitrogens with one attached hydrogen (secondary N) is 3. The highest BCUT2D eigenvalue weighted by molar-refractivity contribution is 5.89. The van der Waals surface area contributed by atoms with Gasteiger partial charge in [0.1, 0.15) is 0 Å². The molecular formula is C13H17N3O5. The number of alkyl carbamates (subject to hydrolysis) is 1. The summed E-state index contributed by atoms with van der Waals surface area (Å²) < 4.78 is 15.1. The number of amides is 3. The minimum absolute atomic E-state index is 0.185. The summed E-state index contributed by atoms with van der Waals surface area (Å²) in [6.45, 7) is 2.79. The number of rotatable bonds is 5. The van der Waals surface area contributed by atoms with Gasteiger partial charge in [-0.2, -0.15) is 0 Å². The second-order valence-electron chi connectivity index (χ2n) is 4.10. The molecule has 0 aliphatic carbocycles. The van der Waals surface area contributed by atoms with Gasteiger partial charge in [-0.15, -0.1) is 0 Å². The van der Waals surface area contributed by atoms with Crippen LogP contribution in [0.3, 0.4) is 0 Å². The van der Waals surface area contributed by atoms with Crippen LogP contribution in [0.5, 0.6) is 11.5 Å². The third-order valence-electron chi connectivity index (χ3n) is 2.59. The van der Waals surface area contributed by atoms with Crippen LogP contribution in [0.2, 0.25) is 0 Å². The Hall–Kier alpha value is -2.64. The van der Waals surface area contributed by atoms with E-state index in [4.69, 9.17) is 9.47 Å². The van der Waals surface area contributed by atoms with E-state index in [1.165, 1.54) is 0 Å². The van der Waals surface area contributed by atoms with Gasteiger partial charge < -0.3 is 30.2 Å². The van der Waals surface area contributed by atoms with Gasteiger partial charge in [0.05, 0.1) is 6.61 Å². The molecule has 0 aromatic heterocycles. The van der Waals surface area contributed by atoms with Crippen molar-refractivity contribution in [3.05, 3.63) is 18.2 Å². The van der Waals surface area contributed by atoms with Gasteiger partial charge in [0.15, 0.2) is 11.5 Å². The van der Waals surface area contributed by atoms with E-state index in [1.807, 2.05) is 0 Å². The zero-order valence-electron chi connectivity index (χ0n) is 11.6. The van der Waals surface area contributed by atoms with E-state index in [-0.39, 0.29) is 25.9 Å². The van der Waals surface area contributed by atoms with Crippen LogP contribution in [0.1, 0.15) is 6.92 Å². The maximum Gasteiger partial charge on any atom is 0.407 e. The van der Waals surface area contributed by atoms with Crippen molar-refractivity contribution in [2.45, 2.75) is 6.92 Å². The number of benzene rings is 1. The quantitative estimate of drug-likeness (QED) is 0.711. The molecule has 8 nitrogen and oxygen atoms in total. The fourth-order valence-electron chi connectivity index (χ4n) is 1.67. The smallest absolute Gasteiger partial charge is 0.407 e. The Morgan fingerprint density at radius 3 is 2.76 bits per heavy atom. The van der Waals surface area contributed by atoms with Gasteiger partial charge in [0, 0.05) is 24.8 Å². The Morgan fingerprint density at radius 2 is 1.95 bits per heavy atom. The Labute approximate surface area is 121 Å². The molecule has 0 unspecified atom stereocenters. The first-order chi connectivity index (χ1) is 10.2. The molecular weight excluding hydrogens is 278 g/mol. The van der Waals surface area contributed by atoms with E-state index in [0.29, 0.717) is 23.8 Å². The molecule has 2 rings (SSSR count). The normalized spacial score (nSPS) is 11.7. The monoisotopic (exact) mass is 295 g/mol. The molecule has 0 saturated heterocycles. The second-order valence-corrected chi connectivity index (χ2v) is 4.10. The summed E-state index contributed by atoms with van der Waals surface area (Å²) in [5.74, 6) is 1.25. The van der Waals surface area contributed by atoms with Gasteiger partial charge in [-0.25, -0.2) is 9.59 Å². The average Bonchev–Trinajstić information content (AvgIpc) is 2.91. The molecule has 21 heavy (non-hydrogen) atoms. The molecule has 3 amide bonds. The molecule has 1 aliphatic heterocycles. The van der Waals surface area contributed by atoms with Crippen molar-refractivity contribution in [1.82, 2.24) is 10.6 Å². The number of fused-ring (bicyclic) bond motifs is 1. The number of urea groups is 1. The molecule has 0 spiro atoms. The lowest BCUT2D eigenvalue weighted by Gasteiger charge is -2.09. The minimum atomic E-state index is -0.504. The molecule has 1 aromatic carbocycles. The average molecular weight is 295 g/mol. The minimum Gasteiger partial charge on any atom is -0.454 e. The lowest BCUT2D eigenvalue weighted by atomic mass is 10.3. The first-order valence-electron chi connectivity index (χ1n) is 6.54. The topological polar surface area (TPSA) is 97.9 Å². The number of ether oxygens (including phenoxy) is 3. The number of hydrogen-bond acceptors (Lipinski definition) is 5. The molecule has 0 radical (unpaired) electrons. The second kappa shape index (κ2) is 7.22. The van der Waals surface area contributed by atoms with Gasteiger partial charge >= 0.3 is 12.1 Å². The van der Waals surface area contributed by atoms with Gasteiger partial charge in [-0.05, 0) is 19.1 Å². The molecule has 1 heterocycles. The summed E-state index contributed by atoms with van der Waals surface area (Å²) in [6.07, 6.45) is -0.504. The van der Waals surface area contributed by atoms with Gasteiger partial charge in [-0.3, -0.25) is 0 Å². The fraction of sp³-hybridized carbons (Fsp3) is 0.385. The molecule has 0 bridgehead atoms.